The molecule has 0 aromatic heterocycles. The third-order valence-electron chi connectivity index (χ3n) is 4.23. The van der Waals surface area contributed by atoms with E-state index in [1.54, 1.807) is 6.07 Å². The number of carbonyl (C=O) groups excluding carboxylic acids is 1. The van der Waals surface area contributed by atoms with Crippen LogP contribution >= 0.6 is 0 Å². The lowest BCUT2D eigenvalue weighted by Crippen LogP contribution is -2.28. The Kier molecular flexibility index (Phi) is 7.43. The monoisotopic (exact) mass is 462 g/mol. The molecule has 0 bridgehead atoms. The first-order chi connectivity index (χ1) is 15.5. The number of amides is 1. The minimum Gasteiger partial charge on any atom is -0.506 e. The lowest BCUT2D eigenvalue weighted by molar-refractivity contribution is -0.386. The topological polar surface area (TPSA) is 161 Å². The van der Waals surface area contributed by atoms with E-state index in [2.05, 4.69) is 4.74 Å². The summed E-state index contributed by atoms with van der Waals surface area (Å²) in [6, 6.07) is 7.70. The molecular weight excluding hydrogens is 449 g/mol. The lowest BCUT2D eigenvalue weighted by atomic mass is 10.1. The maximum Gasteiger partial charge on any atom is 0.387 e. The number of hydrogen-bond donors (Lipinski definition) is 2. The number of hydrogen-bond acceptors (Lipinski definition) is 8. The Morgan fingerprint density at radius 2 is 1.97 bits per heavy atom. The predicted molar refractivity (Wildman–Crippen MR) is 104 cm³/mol. The average Bonchev–Trinajstić information content (AvgIpc) is 2.76. The Labute approximate surface area is 183 Å². The number of rotatable bonds is 7. The Bertz CT molecular complexity index is 1230. The second-order valence-corrected chi connectivity index (χ2v) is 6.39. The first-order valence-corrected chi connectivity index (χ1v) is 8.74. The summed E-state index contributed by atoms with van der Waals surface area (Å²) in [5.74, 6) is -5.36. The Morgan fingerprint density at radius 1 is 1.30 bits per heavy atom. The molecule has 0 heterocycles. The molecule has 0 radical (unpaired) electrons. The zero-order valence-electron chi connectivity index (χ0n) is 16.6. The molecule has 10 nitrogen and oxygen atoms in total. The van der Waals surface area contributed by atoms with E-state index in [1.165, 1.54) is 18.2 Å². The molecule has 0 unspecified atom stereocenters. The highest BCUT2D eigenvalue weighted by molar-refractivity contribution is 6.03. The number of alkyl halides is 2. The molecule has 0 saturated carbocycles. The van der Waals surface area contributed by atoms with Crippen LogP contribution in [0.5, 0.6) is 11.5 Å². The van der Waals surface area contributed by atoms with Crippen LogP contribution in [0.2, 0.25) is 0 Å². The summed E-state index contributed by atoms with van der Waals surface area (Å²) < 4.78 is 43.2. The van der Waals surface area contributed by atoms with Crippen molar-refractivity contribution in [2.24, 2.45) is 0 Å². The summed E-state index contributed by atoms with van der Waals surface area (Å²) in [5, 5.41) is 49.5. The summed E-state index contributed by atoms with van der Waals surface area (Å²) >= 11 is 0. The summed E-state index contributed by atoms with van der Waals surface area (Å²) in [6.07, 6.45) is 0. The number of phenolic OH excluding ortho intramolecular Hbond substituents is 1. The number of nitro groups is 1. The van der Waals surface area contributed by atoms with Gasteiger partial charge in [-0.15, -0.1) is 0 Å². The van der Waals surface area contributed by atoms with E-state index < -0.39 is 63.9 Å². The van der Waals surface area contributed by atoms with Crippen LogP contribution in [0, 0.1) is 38.6 Å². The first kappa shape index (κ1) is 24.5. The minimum atomic E-state index is -3.49. The second kappa shape index (κ2) is 10.0. The van der Waals surface area contributed by atoms with Gasteiger partial charge in [-0.1, -0.05) is 0 Å². The van der Waals surface area contributed by atoms with Gasteiger partial charge in [0.15, 0.2) is 11.3 Å². The van der Waals surface area contributed by atoms with Gasteiger partial charge < -0.3 is 19.8 Å². The molecular formula is C20H13F3N4O6. The summed E-state index contributed by atoms with van der Waals surface area (Å²) in [4.78, 5) is 23.4. The van der Waals surface area contributed by atoms with Crippen LogP contribution in [0.4, 0.5) is 18.9 Å². The van der Waals surface area contributed by atoms with Crippen molar-refractivity contribution in [1.29, 1.82) is 10.5 Å². The molecule has 33 heavy (non-hydrogen) atoms. The molecule has 170 valence electrons. The van der Waals surface area contributed by atoms with E-state index >= 15 is 0 Å². The number of nitriles is 2. The Hall–Kier alpha value is -4.78. The molecule has 0 fully saturated rings. The number of phenols is 1. The van der Waals surface area contributed by atoms with Crippen LogP contribution in [-0.2, 0) is 11.3 Å². The normalized spacial score (nSPS) is 11.2. The molecule has 0 spiro atoms. The van der Waals surface area contributed by atoms with Crippen molar-refractivity contribution in [3.05, 3.63) is 68.5 Å². The van der Waals surface area contributed by atoms with Gasteiger partial charge in [0.25, 0.3) is 5.91 Å². The number of benzene rings is 2. The van der Waals surface area contributed by atoms with Gasteiger partial charge in [0.1, 0.15) is 17.6 Å². The number of nitro benzene ring substituents is 1. The Morgan fingerprint density at radius 3 is 2.52 bits per heavy atom. The molecule has 0 saturated heterocycles. The van der Waals surface area contributed by atoms with Gasteiger partial charge in [-0.25, -0.2) is 4.39 Å². The van der Waals surface area contributed by atoms with E-state index in [4.69, 9.17) is 5.26 Å². The first-order valence-electron chi connectivity index (χ1n) is 8.74. The standard InChI is InChI=1S/C20H13F3N4O6/c1-26(9-12-4-10(7-24)2-3-14(12)21)19(30)13(8-25)17(28)11-5-15(27(31)32)18(29)16(6-11)33-20(22)23/h2-6,20,28-29H,9H2,1H3/b17-13-. The van der Waals surface area contributed by atoms with Crippen LogP contribution in [-0.4, -0.2) is 39.6 Å². The number of carbonyl (C=O) groups is 1. The number of likely N-dealkylation sites (N-methyl/N-ethyl adjacent to an activating group) is 1. The lowest BCUT2D eigenvalue weighted by Gasteiger charge is -2.18. The number of nitrogens with zero attached hydrogens (tertiary/aromatic N) is 4. The number of halogens is 3. The Balaban J connectivity index is 2.50. The third kappa shape index (κ3) is 5.48. The van der Waals surface area contributed by atoms with Crippen LogP contribution in [0.15, 0.2) is 35.9 Å². The zero-order chi connectivity index (χ0) is 24.9. The van der Waals surface area contributed by atoms with Crippen LogP contribution < -0.4 is 4.74 Å². The quantitative estimate of drug-likeness (QED) is 0.208. The number of aromatic hydroxyl groups is 1. The van der Waals surface area contributed by atoms with E-state index in [-0.39, 0.29) is 11.1 Å². The molecule has 2 aromatic carbocycles. The predicted octanol–water partition coefficient (Wildman–Crippen LogP) is 3.36. The van der Waals surface area contributed by atoms with Crippen molar-refractivity contribution in [2.45, 2.75) is 13.2 Å². The van der Waals surface area contributed by atoms with Gasteiger partial charge in [0.05, 0.1) is 16.6 Å². The van der Waals surface area contributed by atoms with E-state index in [0.29, 0.717) is 12.1 Å². The van der Waals surface area contributed by atoms with Gasteiger partial charge in [-0.3, -0.25) is 14.9 Å². The van der Waals surface area contributed by atoms with Gasteiger partial charge in [-0.2, -0.15) is 19.3 Å². The van der Waals surface area contributed by atoms with Crippen molar-refractivity contribution >= 4 is 17.4 Å². The fourth-order valence-electron chi connectivity index (χ4n) is 2.68. The molecule has 2 N–H and O–H groups in total. The SMILES string of the molecule is CN(Cc1cc(C#N)ccc1F)C(=O)/C(C#N)=C(\O)c1cc(OC(F)F)c(O)c([N+](=O)[O-])c1. The summed E-state index contributed by atoms with van der Waals surface area (Å²) in [7, 11) is 1.15. The van der Waals surface area contributed by atoms with Crippen LogP contribution in [0.1, 0.15) is 16.7 Å². The van der Waals surface area contributed by atoms with Gasteiger partial charge in [0, 0.05) is 30.8 Å². The van der Waals surface area contributed by atoms with Crippen molar-refractivity contribution < 1.29 is 37.8 Å². The van der Waals surface area contributed by atoms with Crippen molar-refractivity contribution in [2.75, 3.05) is 7.05 Å². The number of aliphatic hydroxyl groups is 1. The molecule has 0 aliphatic heterocycles. The third-order valence-corrected chi connectivity index (χ3v) is 4.23. The van der Waals surface area contributed by atoms with Crippen molar-refractivity contribution in [3.63, 3.8) is 0 Å². The summed E-state index contributed by atoms with van der Waals surface area (Å²) in [6.45, 7) is -3.91. The largest absolute Gasteiger partial charge is 0.506 e. The minimum absolute atomic E-state index is 0.0745. The van der Waals surface area contributed by atoms with Crippen molar-refractivity contribution in [1.82, 2.24) is 4.90 Å². The molecule has 1 amide bonds. The van der Waals surface area contributed by atoms with Crippen LogP contribution in [0.3, 0.4) is 0 Å². The second-order valence-electron chi connectivity index (χ2n) is 6.39. The highest BCUT2D eigenvalue weighted by Gasteiger charge is 2.27. The van der Waals surface area contributed by atoms with Crippen molar-refractivity contribution in [3.8, 4) is 23.6 Å². The molecule has 2 aromatic rings. The maximum absolute atomic E-state index is 14.0. The smallest absolute Gasteiger partial charge is 0.387 e. The molecule has 0 aliphatic rings. The molecule has 2 rings (SSSR count). The average molecular weight is 462 g/mol. The number of ether oxygens (including phenoxy) is 1. The van der Waals surface area contributed by atoms with E-state index in [1.807, 2.05) is 0 Å². The zero-order valence-corrected chi connectivity index (χ0v) is 16.6. The highest BCUT2D eigenvalue weighted by Crippen LogP contribution is 2.39. The fourth-order valence-corrected chi connectivity index (χ4v) is 2.68. The van der Waals surface area contributed by atoms with Crippen LogP contribution in [0.25, 0.3) is 5.76 Å². The highest BCUT2D eigenvalue weighted by atomic mass is 19.3. The molecule has 0 aliphatic carbocycles. The van der Waals surface area contributed by atoms with E-state index in [9.17, 15) is 43.6 Å². The van der Waals surface area contributed by atoms with Gasteiger partial charge in [0.2, 0.25) is 5.75 Å². The maximum atomic E-state index is 14.0. The van der Waals surface area contributed by atoms with Gasteiger partial charge in [-0.05, 0) is 24.3 Å². The summed E-state index contributed by atoms with van der Waals surface area (Å²) in [5.41, 5.74) is -2.71. The van der Waals surface area contributed by atoms with E-state index in [0.717, 1.165) is 18.0 Å². The molecule has 0 atom stereocenters. The fraction of sp³-hybridized carbons (Fsp3) is 0.150. The molecule has 13 heteroatoms. The van der Waals surface area contributed by atoms with Gasteiger partial charge >= 0.3 is 12.3 Å². The number of aliphatic hydroxyl groups excluding tert-OH is 1.